The van der Waals surface area contributed by atoms with Gasteiger partial charge in [0.25, 0.3) is 0 Å². The molecular formula is C14H28N2O. The van der Waals surface area contributed by atoms with E-state index in [0.29, 0.717) is 6.10 Å². The Morgan fingerprint density at radius 2 is 1.94 bits per heavy atom. The maximum atomic E-state index is 5.75. The molecule has 2 fully saturated rings. The number of morpholine rings is 1. The summed E-state index contributed by atoms with van der Waals surface area (Å²) in [5, 5.41) is 3.58. The van der Waals surface area contributed by atoms with Crippen LogP contribution in [0, 0.1) is 0 Å². The molecule has 1 saturated carbocycles. The van der Waals surface area contributed by atoms with Crippen LogP contribution in [-0.2, 0) is 4.74 Å². The SMILES string of the molecule is CCNC1CCC(N2CCOC(CC)C2)CC1. The molecule has 100 valence electrons. The van der Waals surface area contributed by atoms with Crippen LogP contribution in [0.25, 0.3) is 0 Å². The number of hydrogen-bond acceptors (Lipinski definition) is 3. The molecule has 0 spiro atoms. The largest absolute Gasteiger partial charge is 0.376 e. The van der Waals surface area contributed by atoms with E-state index in [1.165, 1.54) is 25.7 Å². The Morgan fingerprint density at radius 3 is 2.59 bits per heavy atom. The molecular weight excluding hydrogens is 212 g/mol. The molecule has 0 amide bonds. The zero-order valence-electron chi connectivity index (χ0n) is 11.5. The lowest BCUT2D eigenvalue weighted by atomic mass is 9.89. The maximum absolute atomic E-state index is 5.75. The van der Waals surface area contributed by atoms with Crippen molar-refractivity contribution in [3.63, 3.8) is 0 Å². The Hall–Kier alpha value is -0.120. The van der Waals surface area contributed by atoms with Gasteiger partial charge >= 0.3 is 0 Å². The highest BCUT2D eigenvalue weighted by Crippen LogP contribution is 2.25. The van der Waals surface area contributed by atoms with Crippen molar-refractivity contribution in [3.8, 4) is 0 Å². The predicted octanol–water partition coefficient (Wildman–Crippen LogP) is 2.02. The van der Waals surface area contributed by atoms with Gasteiger partial charge in [-0.15, -0.1) is 0 Å². The average Bonchev–Trinajstić information content (AvgIpc) is 2.40. The minimum Gasteiger partial charge on any atom is -0.376 e. The van der Waals surface area contributed by atoms with Crippen LogP contribution in [0.3, 0.4) is 0 Å². The van der Waals surface area contributed by atoms with Crippen LogP contribution in [0.2, 0.25) is 0 Å². The molecule has 1 unspecified atom stereocenters. The van der Waals surface area contributed by atoms with Crippen LogP contribution < -0.4 is 5.32 Å². The third-order valence-corrected chi connectivity index (χ3v) is 4.33. The Bertz CT molecular complexity index is 214. The molecule has 0 aromatic heterocycles. The van der Waals surface area contributed by atoms with Crippen molar-refractivity contribution in [2.75, 3.05) is 26.2 Å². The smallest absolute Gasteiger partial charge is 0.0700 e. The molecule has 0 radical (unpaired) electrons. The van der Waals surface area contributed by atoms with Gasteiger partial charge in [-0.25, -0.2) is 0 Å². The first-order valence-corrected chi connectivity index (χ1v) is 7.42. The molecule has 3 heteroatoms. The van der Waals surface area contributed by atoms with E-state index in [0.717, 1.165) is 44.7 Å². The molecule has 2 aliphatic rings. The number of nitrogens with one attached hydrogen (secondary N) is 1. The zero-order valence-corrected chi connectivity index (χ0v) is 11.5. The average molecular weight is 240 g/mol. The number of hydrogen-bond donors (Lipinski definition) is 1. The summed E-state index contributed by atoms with van der Waals surface area (Å²) >= 11 is 0. The summed E-state index contributed by atoms with van der Waals surface area (Å²) < 4.78 is 5.75. The van der Waals surface area contributed by atoms with Crippen molar-refractivity contribution < 1.29 is 4.74 Å². The Labute approximate surface area is 106 Å². The Kier molecular flexibility index (Phi) is 5.26. The van der Waals surface area contributed by atoms with E-state index >= 15 is 0 Å². The van der Waals surface area contributed by atoms with Crippen molar-refractivity contribution in [1.29, 1.82) is 0 Å². The summed E-state index contributed by atoms with van der Waals surface area (Å²) in [5.41, 5.74) is 0. The summed E-state index contributed by atoms with van der Waals surface area (Å²) in [4.78, 5) is 2.68. The summed E-state index contributed by atoms with van der Waals surface area (Å²) in [6.45, 7) is 8.80. The Morgan fingerprint density at radius 1 is 1.18 bits per heavy atom. The standard InChI is InChI=1S/C14H28N2O/c1-3-14-11-16(9-10-17-14)13-7-5-12(6-8-13)15-4-2/h12-15H,3-11H2,1-2H3. The van der Waals surface area contributed by atoms with Crippen LogP contribution in [0.1, 0.15) is 46.0 Å². The Balaban J connectivity index is 1.76. The quantitative estimate of drug-likeness (QED) is 0.813. The molecule has 1 aliphatic carbocycles. The molecule has 1 saturated heterocycles. The molecule has 3 nitrogen and oxygen atoms in total. The first kappa shape index (κ1) is 13.3. The van der Waals surface area contributed by atoms with E-state index < -0.39 is 0 Å². The predicted molar refractivity (Wildman–Crippen MR) is 71.3 cm³/mol. The van der Waals surface area contributed by atoms with Gasteiger partial charge in [0.2, 0.25) is 0 Å². The zero-order chi connectivity index (χ0) is 12.1. The second-order valence-corrected chi connectivity index (χ2v) is 5.46. The first-order chi connectivity index (χ1) is 8.33. The summed E-state index contributed by atoms with van der Waals surface area (Å²) in [7, 11) is 0. The van der Waals surface area contributed by atoms with E-state index in [1.54, 1.807) is 0 Å². The van der Waals surface area contributed by atoms with E-state index in [9.17, 15) is 0 Å². The van der Waals surface area contributed by atoms with Crippen LogP contribution in [0.5, 0.6) is 0 Å². The second-order valence-electron chi connectivity index (χ2n) is 5.46. The number of nitrogens with zero attached hydrogens (tertiary/aromatic N) is 1. The van der Waals surface area contributed by atoms with Gasteiger partial charge in [0.05, 0.1) is 12.7 Å². The molecule has 1 heterocycles. The van der Waals surface area contributed by atoms with Crippen LogP contribution >= 0.6 is 0 Å². The highest BCUT2D eigenvalue weighted by atomic mass is 16.5. The fourth-order valence-electron chi connectivity index (χ4n) is 3.25. The van der Waals surface area contributed by atoms with Gasteiger partial charge in [0.1, 0.15) is 0 Å². The minimum atomic E-state index is 0.482. The highest BCUT2D eigenvalue weighted by Gasteiger charge is 2.28. The van der Waals surface area contributed by atoms with Crippen molar-refractivity contribution >= 4 is 0 Å². The van der Waals surface area contributed by atoms with Crippen molar-refractivity contribution in [2.24, 2.45) is 0 Å². The fourth-order valence-corrected chi connectivity index (χ4v) is 3.25. The minimum absolute atomic E-state index is 0.482. The molecule has 1 aliphatic heterocycles. The van der Waals surface area contributed by atoms with E-state index in [-0.39, 0.29) is 0 Å². The summed E-state index contributed by atoms with van der Waals surface area (Å²) in [6, 6.07) is 1.60. The fraction of sp³-hybridized carbons (Fsp3) is 1.00. The molecule has 2 rings (SSSR count). The van der Waals surface area contributed by atoms with Crippen molar-refractivity contribution in [1.82, 2.24) is 10.2 Å². The van der Waals surface area contributed by atoms with Gasteiger partial charge in [-0.3, -0.25) is 4.90 Å². The summed E-state index contributed by atoms with van der Waals surface area (Å²) in [6.07, 6.45) is 7.08. The lowest BCUT2D eigenvalue weighted by Crippen LogP contribution is -2.49. The number of rotatable bonds is 4. The van der Waals surface area contributed by atoms with Gasteiger partial charge in [0.15, 0.2) is 0 Å². The van der Waals surface area contributed by atoms with Crippen molar-refractivity contribution in [2.45, 2.75) is 64.1 Å². The molecule has 0 aromatic carbocycles. The monoisotopic (exact) mass is 240 g/mol. The van der Waals surface area contributed by atoms with Gasteiger partial charge < -0.3 is 10.1 Å². The van der Waals surface area contributed by atoms with Gasteiger partial charge in [-0.2, -0.15) is 0 Å². The topological polar surface area (TPSA) is 24.5 Å². The molecule has 1 atom stereocenters. The van der Waals surface area contributed by atoms with E-state index in [2.05, 4.69) is 24.1 Å². The van der Waals surface area contributed by atoms with Gasteiger partial charge in [-0.1, -0.05) is 13.8 Å². The molecule has 0 aromatic rings. The highest BCUT2D eigenvalue weighted by molar-refractivity contribution is 4.85. The third kappa shape index (κ3) is 3.67. The lowest BCUT2D eigenvalue weighted by molar-refractivity contribution is -0.0501. The van der Waals surface area contributed by atoms with E-state index in [4.69, 9.17) is 4.74 Å². The first-order valence-electron chi connectivity index (χ1n) is 7.42. The van der Waals surface area contributed by atoms with Gasteiger partial charge in [0, 0.05) is 25.2 Å². The molecule has 0 bridgehead atoms. The van der Waals surface area contributed by atoms with Crippen LogP contribution in [-0.4, -0.2) is 49.3 Å². The molecule has 17 heavy (non-hydrogen) atoms. The maximum Gasteiger partial charge on any atom is 0.0700 e. The van der Waals surface area contributed by atoms with E-state index in [1.807, 2.05) is 0 Å². The van der Waals surface area contributed by atoms with Crippen LogP contribution in [0.4, 0.5) is 0 Å². The lowest BCUT2D eigenvalue weighted by Gasteiger charge is -2.41. The number of ether oxygens (including phenoxy) is 1. The normalized spacial score (nSPS) is 36.0. The van der Waals surface area contributed by atoms with Crippen molar-refractivity contribution in [3.05, 3.63) is 0 Å². The summed E-state index contributed by atoms with van der Waals surface area (Å²) in [5.74, 6) is 0. The molecule has 1 N–H and O–H groups in total. The second kappa shape index (κ2) is 6.72. The van der Waals surface area contributed by atoms with Gasteiger partial charge in [-0.05, 0) is 38.6 Å². The third-order valence-electron chi connectivity index (χ3n) is 4.33. The van der Waals surface area contributed by atoms with Crippen LogP contribution in [0.15, 0.2) is 0 Å².